The molecule has 2 aromatic heterocycles. The van der Waals surface area contributed by atoms with Crippen LogP contribution in [0.15, 0.2) is 53.3 Å². The molecular weight excluding hydrogens is 412 g/mol. The zero-order chi connectivity index (χ0) is 22.5. The Bertz CT molecular complexity index is 1100. The lowest BCUT2D eigenvalue weighted by molar-refractivity contribution is -0.125. The number of pyridine rings is 1. The van der Waals surface area contributed by atoms with Crippen LogP contribution in [0.2, 0.25) is 0 Å². The minimum absolute atomic E-state index is 0.138. The van der Waals surface area contributed by atoms with E-state index in [0.717, 1.165) is 12.0 Å². The molecule has 0 saturated carbocycles. The number of carbonyl (C=O) groups is 2. The van der Waals surface area contributed by atoms with Gasteiger partial charge < -0.3 is 24.2 Å². The van der Waals surface area contributed by atoms with Crippen LogP contribution in [-0.2, 0) is 11.3 Å². The summed E-state index contributed by atoms with van der Waals surface area (Å²) in [5.41, 5.74) is 1.70. The molecule has 1 saturated heterocycles. The second-order valence-electron chi connectivity index (χ2n) is 7.37. The third-order valence-electron chi connectivity index (χ3n) is 5.43. The second kappa shape index (κ2) is 9.51. The van der Waals surface area contributed by atoms with Gasteiger partial charge in [0.25, 0.3) is 5.91 Å². The number of methoxy groups -OCH3 is 2. The van der Waals surface area contributed by atoms with Crippen molar-refractivity contribution in [3.8, 4) is 22.8 Å². The minimum atomic E-state index is -0.546. The van der Waals surface area contributed by atoms with Gasteiger partial charge in [0.15, 0.2) is 11.5 Å². The Labute approximate surface area is 185 Å². The van der Waals surface area contributed by atoms with E-state index in [1.807, 2.05) is 12.1 Å². The molecular formula is C23H24N4O5. The van der Waals surface area contributed by atoms with E-state index < -0.39 is 6.04 Å². The van der Waals surface area contributed by atoms with Crippen LogP contribution in [0.25, 0.3) is 11.3 Å². The Morgan fingerprint density at radius 3 is 2.72 bits per heavy atom. The molecule has 2 amide bonds. The quantitative estimate of drug-likeness (QED) is 0.607. The highest BCUT2D eigenvalue weighted by Crippen LogP contribution is 2.34. The fourth-order valence-corrected chi connectivity index (χ4v) is 3.75. The highest BCUT2D eigenvalue weighted by atomic mass is 16.5. The molecule has 9 nitrogen and oxygen atoms in total. The standard InChI is InChI=1S/C23H24N4O5/c1-30-16-5-6-20(31-2)17(12-16)21-13-18(26-32-21)23(29)27-11-3-4-19(27)22(28)25-14-15-7-9-24-10-8-15/h5-10,12-13,19H,3-4,11,14H2,1-2H3,(H,25,28)/t19-/m1/s1. The number of hydrogen-bond donors (Lipinski definition) is 1. The Kier molecular flexibility index (Phi) is 6.34. The number of nitrogens with one attached hydrogen (secondary N) is 1. The third kappa shape index (κ3) is 4.41. The van der Waals surface area contributed by atoms with Gasteiger partial charge in [-0.1, -0.05) is 5.16 Å². The fourth-order valence-electron chi connectivity index (χ4n) is 3.75. The number of ether oxygens (including phenoxy) is 2. The van der Waals surface area contributed by atoms with E-state index in [4.69, 9.17) is 14.0 Å². The number of hydrogen-bond acceptors (Lipinski definition) is 7. The number of rotatable bonds is 7. The summed E-state index contributed by atoms with van der Waals surface area (Å²) in [7, 11) is 3.11. The van der Waals surface area contributed by atoms with E-state index in [1.54, 1.807) is 55.8 Å². The molecule has 3 heterocycles. The molecule has 32 heavy (non-hydrogen) atoms. The van der Waals surface area contributed by atoms with E-state index in [1.165, 1.54) is 0 Å². The van der Waals surface area contributed by atoms with Gasteiger partial charge in [0.05, 0.1) is 19.8 Å². The summed E-state index contributed by atoms with van der Waals surface area (Å²) in [5.74, 6) is 1.03. The average molecular weight is 436 g/mol. The molecule has 1 N–H and O–H groups in total. The maximum absolute atomic E-state index is 13.1. The highest BCUT2D eigenvalue weighted by Gasteiger charge is 2.35. The van der Waals surface area contributed by atoms with Gasteiger partial charge in [-0.15, -0.1) is 0 Å². The van der Waals surface area contributed by atoms with E-state index >= 15 is 0 Å². The summed E-state index contributed by atoms with van der Waals surface area (Å²) < 4.78 is 16.1. The van der Waals surface area contributed by atoms with Gasteiger partial charge in [0.2, 0.25) is 5.91 Å². The van der Waals surface area contributed by atoms with Crippen molar-refractivity contribution in [1.29, 1.82) is 0 Å². The lowest BCUT2D eigenvalue weighted by Crippen LogP contribution is -2.45. The summed E-state index contributed by atoms with van der Waals surface area (Å²) in [5, 5.41) is 6.86. The number of amides is 2. The molecule has 4 rings (SSSR count). The predicted octanol–water partition coefficient (Wildman–Crippen LogP) is 2.67. The third-order valence-corrected chi connectivity index (χ3v) is 5.43. The van der Waals surface area contributed by atoms with Crippen LogP contribution >= 0.6 is 0 Å². The van der Waals surface area contributed by atoms with Crippen LogP contribution in [0.5, 0.6) is 11.5 Å². The molecule has 1 aromatic carbocycles. The summed E-state index contributed by atoms with van der Waals surface area (Å²) in [4.78, 5) is 31.4. The van der Waals surface area contributed by atoms with E-state index in [2.05, 4.69) is 15.5 Å². The molecule has 3 aromatic rings. The topological polar surface area (TPSA) is 107 Å². The Hall–Kier alpha value is -3.88. The fraction of sp³-hybridized carbons (Fsp3) is 0.304. The van der Waals surface area contributed by atoms with Crippen LogP contribution in [0.3, 0.4) is 0 Å². The number of likely N-dealkylation sites (tertiary alicyclic amines) is 1. The zero-order valence-electron chi connectivity index (χ0n) is 17.9. The zero-order valence-corrected chi connectivity index (χ0v) is 17.9. The first-order chi connectivity index (χ1) is 15.6. The van der Waals surface area contributed by atoms with Crippen molar-refractivity contribution in [3.63, 3.8) is 0 Å². The molecule has 166 valence electrons. The summed E-state index contributed by atoms with van der Waals surface area (Å²) in [6, 6.07) is 9.95. The molecule has 0 aliphatic carbocycles. The van der Waals surface area contributed by atoms with Crippen molar-refractivity contribution < 1.29 is 23.6 Å². The van der Waals surface area contributed by atoms with Gasteiger partial charge in [-0.25, -0.2) is 0 Å². The van der Waals surface area contributed by atoms with Crippen molar-refractivity contribution in [1.82, 2.24) is 20.4 Å². The molecule has 1 fully saturated rings. The first kappa shape index (κ1) is 21.4. The first-order valence-corrected chi connectivity index (χ1v) is 10.3. The Morgan fingerprint density at radius 1 is 1.16 bits per heavy atom. The molecule has 0 radical (unpaired) electrons. The molecule has 1 aliphatic rings. The molecule has 9 heteroatoms. The van der Waals surface area contributed by atoms with Crippen molar-refractivity contribution in [2.45, 2.75) is 25.4 Å². The van der Waals surface area contributed by atoms with Gasteiger partial charge in [-0.2, -0.15) is 0 Å². The number of nitrogens with zero attached hydrogens (tertiary/aromatic N) is 3. The van der Waals surface area contributed by atoms with Crippen LogP contribution in [-0.4, -0.2) is 53.7 Å². The average Bonchev–Trinajstić information content (AvgIpc) is 3.52. The molecule has 0 bridgehead atoms. The maximum Gasteiger partial charge on any atom is 0.276 e. The lowest BCUT2D eigenvalue weighted by atomic mass is 10.1. The van der Waals surface area contributed by atoms with Crippen LogP contribution in [0, 0.1) is 0 Å². The van der Waals surface area contributed by atoms with Crippen molar-refractivity contribution in [3.05, 3.63) is 60.0 Å². The van der Waals surface area contributed by atoms with Gasteiger partial charge in [-0.05, 0) is 48.7 Å². The van der Waals surface area contributed by atoms with Crippen molar-refractivity contribution in [2.24, 2.45) is 0 Å². The normalized spacial score (nSPS) is 15.4. The molecule has 1 aliphatic heterocycles. The minimum Gasteiger partial charge on any atom is -0.497 e. The van der Waals surface area contributed by atoms with Gasteiger partial charge in [0.1, 0.15) is 17.5 Å². The second-order valence-corrected chi connectivity index (χ2v) is 7.37. The van der Waals surface area contributed by atoms with Crippen LogP contribution in [0.4, 0.5) is 0 Å². The largest absolute Gasteiger partial charge is 0.497 e. The highest BCUT2D eigenvalue weighted by molar-refractivity contribution is 5.97. The van der Waals surface area contributed by atoms with Crippen LogP contribution < -0.4 is 14.8 Å². The van der Waals surface area contributed by atoms with Crippen LogP contribution in [0.1, 0.15) is 28.9 Å². The number of aromatic nitrogens is 2. The summed E-state index contributed by atoms with van der Waals surface area (Å²) >= 11 is 0. The monoisotopic (exact) mass is 436 g/mol. The number of benzene rings is 1. The lowest BCUT2D eigenvalue weighted by Gasteiger charge is -2.23. The van der Waals surface area contributed by atoms with Gasteiger partial charge >= 0.3 is 0 Å². The predicted molar refractivity (Wildman–Crippen MR) is 115 cm³/mol. The van der Waals surface area contributed by atoms with E-state index in [9.17, 15) is 9.59 Å². The summed E-state index contributed by atoms with van der Waals surface area (Å²) in [6.45, 7) is 0.862. The van der Waals surface area contributed by atoms with Crippen molar-refractivity contribution >= 4 is 11.8 Å². The van der Waals surface area contributed by atoms with E-state index in [0.29, 0.717) is 42.3 Å². The Balaban J connectivity index is 1.48. The maximum atomic E-state index is 13.1. The molecule has 0 unspecified atom stereocenters. The van der Waals surface area contributed by atoms with E-state index in [-0.39, 0.29) is 17.5 Å². The first-order valence-electron chi connectivity index (χ1n) is 10.3. The van der Waals surface area contributed by atoms with Gasteiger partial charge in [-0.3, -0.25) is 14.6 Å². The van der Waals surface area contributed by atoms with Crippen molar-refractivity contribution in [2.75, 3.05) is 20.8 Å². The summed E-state index contributed by atoms with van der Waals surface area (Å²) in [6.07, 6.45) is 4.69. The Morgan fingerprint density at radius 2 is 1.97 bits per heavy atom. The number of carbonyl (C=O) groups excluding carboxylic acids is 2. The molecule has 1 atom stereocenters. The SMILES string of the molecule is COc1ccc(OC)c(-c2cc(C(=O)N3CCC[C@@H]3C(=O)NCc3ccncc3)no2)c1. The van der Waals surface area contributed by atoms with Gasteiger partial charge in [0, 0.05) is 31.5 Å². The molecule has 0 spiro atoms. The smallest absolute Gasteiger partial charge is 0.276 e.